The molecule has 0 spiro atoms. The van der Waals surface area contributed by atoms with Gasteiger partial charge in [-0.25, -0.2) is 13.8 Å². The Morgan fingerprint density at radius 3 is 2.73 bits per heavy atom. The van der Waals surface area contributed by atoms with Crippen LogP contribution in [0.4, 0.5) is 8.78 Å². The van der Waals surface area contributed by atoms with Gasteiger partial charge in [-0.15, -0.1) is 0 Å². The van der Waals surface area contributed by atoms with E-state index in [0.29, 0.717) is 0 Å². The summed E-state index contributed by atoms with van der Waals surface area (Å²) in [5.74, 6) is -1.22. The molecule has 6 heteroatoms. The van der Waals surface area contributed by atoms with Crippen LogP contribution in [0.1, 0.15) is 23.4 Å². The molecule has 0 atom stereocenters. The fourth-order valence-corrected chi connectivity index (χ4v) is 1.07. The molecule has 0 aromatic carbocycles. The average Bonchev–Trinajstić information content (AvgIpc) is 2.17. The Hall–Kier alpha value is -2.03. The molecule has 0 aliphatic heterocycles. The van der Waals surface area contributed by atoms with Crippen LogP contribution in [-0.2, 0) is 11.2 Å². The molecule has 0 fully saturated rings. The summed E-state index contributed by atoms with van der Waals surface area (Å²) >= 11 is 0. The van der Waals surface area contributed by atoms with Crippen molar-refractivity contribution in [3.63, 3.8) is 0 Å². The minimum atomic E-state index is -2.88. The number of rotatable bonds is 3. The number of hydrogen-bond acceptors (Lipinski definition) is 3. The third-order valence-corrected chi connectivity index (χ3v) is 1.68. The highest BCUT2D eigenvalue weighted by molar-refractivity contribution is 5.70. The van der Waals surface area contributed by atoms with E-state index in [1.807, 2.05) is 0 Å². The maximum absolute atomic E-state index is 12.4. The van der Waals surface area contributed by atoms with Crippen molar-refractivity contribution in [2.45, 2.75) is 12.8 Å². The van der Waals surface area contributed by atoms with Crippen LogP contribution >= 0.6 is 0 Å². The highest BCUT2D eigenvalue weighted by Gasteiger charge is 2.17. The van der Waals surface area contributed by atoms with Crippen LogP contribution in [0.2, 0.25) is 0 Å². The van der Waals surface area contributed by atoms with Crippen molar-refractivity contribution in [3.8, 4) is 6.07 Å². The Bertz CT molecular complexity index is 427. The van der Waals surface area contributed by atoms with E-state index in [2.05, 4.69) is 4.98 Å². The Kier molecular flexibility index (Phi) is 3.29. The molecule has 15 heavy (non-hydrogen) atoms. The summed E-state index contributed by atoms with van der Waals surface area (Å²) in [4.78, 5) is 13.7. The number of nitriles is 1. The average molecular weight is 212 g/mol. The Labute approximate surface area is 83.8 Å². The number of carboxylic acid groups (broad SMARTS) is 1. The molecule has 78 valence electrons. The molecule has 0 amide bonds. The number of aliphatic carboxylic acids is 1. The number of carbonyl (C=O) groups is 1. The molecule has 1 aromatic rings. The SMILES string of the molecule is N#Cc1ccc(CC(=O)O)c(C(F)F)n1. The van der Waals surface area contributed by atoms with Gasteiger partial charge in [-0.1, -0.05) is 6.07 Å². The van der Waals surface area contributed by atoms with Gasteiger partial charge in [0.15, 0.2) is 0 Å². The number of aromatic nitrogens is 1. The molecule has 4 nitrogen and oxygen atoms in total. The molecule has 1 rings (SSSR count). The van der Waals surface area contributed by atoms with E-state index >= 15 is 0 Å². The lowest BCUT2D eigenvalue weighted by molar-refractivity contribution is -0.136. The maximum Gasteiger partial charge on any atom is 0.307 e. The third kappa shape index (κ3) is 2.71. The van der Waals surface area contributed by atoms with E-state index in [4.69, 9.17) is 10.4 Å². The van der Waals surface area contributed by atoms with Crippen molar-refractivity contribution >= 4 is 5.97 Å². The first-order chi connectivity index (χ1) is 7.04. The zero-order valence-corrected chi connectivity index (χ0v) is 7.44. The van der Waals surface area contributed by atoms with Crippen LogP contribution in [0.3, 0.4) is 0 Å². The molecular weight excluding hydrogens is 206 g/mol. The van der Waals surface area contributed by atoms with Gasteiger partial charge in [0.2, 0.25) is 0 Å². The molecule has 1 N–H and O–H groups in total. The van der Waals surface area contributed by atoms with E-state index in [0.717, 1.165) is 0 Å². The van der Waals surface area contributed by atoms with Gasteiger partial charge in [-0.2, -0.15) is 5.26 Å². The number of carboxylic acids is 1. The summed E-state index contributed by atoms with van der Waals surface area (Å²) in [7, 11) is 0. The fourth-order valence-electron chi connectivity index (χ4n) is 1.07. The highest BCUT2D eigenvalue weighted by Crippen LogP contribution is 2.21. The molecular formula is C9H6F2N2O2. The molecule has 1 aromatic heterocycles. The summed E-state index contributed by atoms with van der Waals surface area (Å²) in [6, 6.07) is 4.01. The molecule has 0 unspecified atom stereocenters. The van der Waals surface area contributed by atoms with Crippen molar-refractivity contribution in [1.29, 1.82) is 5.26 Å². The van der Waals surface area contributed by atoms with Crippen molar-refractivity contribution < 1.29 is 18.7 Å². The van der Waals surface area contributed by atoms with E-state index in [1.165, 1.54) is 12.1 Å². The predicted molar refractivity (Wildman–Crippen MR) is 45.2 cm³/mol. The normalized spacial score (nSPS) is 10.0. The number of pyridine rings is 1. The lowest BCUT2D eigenvalue weighted by Gasteiger charge is -2.05. The van der Waals surface area contributed by atoms with Gasteiger partial charge in [0, 0.05) is 0 Å². The first-order valence-corrected chi connectivity index (χ1v) is 3.94. The smallest absolute Gasteiger partial charge is 0.307 e. The molecule has 1 heterocycles. The van der Waals surface area contributed by atoms with Crippen LogP contribution < -0.4 is 0 Å². The van der Waals surface area contributed by atoms with E-state index in [1.54, 1.807) is 6.07 Å². The molecule has 0 saturated carbocycles. The summed E-state index contributed by atoms with van der Waals surface area (Å²) in [5, 5.41) is 16.9. The summed E-state index contributed by atoms with van der Waals surface area (Å²) in [6.07, 6.45) is -3.41. The highest BCUT2D eigenvalue weighted by atomic mass is 19.3. The lowest BCUT2D eigenvalue weighted by Crippen LogP contribution is -2.06. The Morgan fingerprint density at radius 1 is 1.60 bits per heavy atom. The minimum absolute atomic E-state index is 0.0727. The second kappa shape index (κ2) is 4.46. The third-order valence-electron chi connectivity index (χ3n) is 1.68. The first-order valence-electron chi connectivity index (χ1n) is 3.94. The molecule has 0 bridgehead atoms. The molecule has 0 aliphatic carbocycles. The predicted octanol–water partition coefficient (Wildman–Crippen LogP) is 1.52. The summed E-state index contributed by atoms with van der Waals surface area (Å²) in [6.45, 7) is 0. The zero-order valence-electron chi connectivity index (χ0n) is 7.44. The van der Waals surface area contributed by atoms with Gasteiger partial charge in [0.1, 0.15) is 17.5 Å². The first kappa shape index (κ1) is 11.0. The van der Waals surface area contributed by atoms with Gasteiger partial charge in [-0.3, -0.25) is 4.79 Å². The number of hydrogen-bond donors (Lipinski definition) is 1. The minimum Gasteiger partial charge on any atom is -0.481 e. The van der Waals surface area contributed by atoms with Crippen molar-refractivity contribution in [3.05, 3.63) is 29.1 Å². The van der Waals surface area contributed by atoms with Crippen molar-refractivity contribution in [2.24, 2.45) is 0 Å². The van der Waals surface area contributed by atoms with E-state index in [-0.39, 0.29) is 11.3 Å². The summed E-state index contributed by atoms with van der Waals surface area (Å²) in [5.41, 5.74) is -0.868. The van der Waals surface area contributed by atoms with Gasteiger partial charge in [0.25, 0.3) is 6.43 Å². The number of nitrogens with zero attached hydrogens (tertiary/aromatic N) is 2. The summed E-state index contributed by atoms with van der Waals surface area (Å²) < 4.78 is 24.9. The van der Waals surface area contributed by atoms with Gasteiger partial charge >= 0.3 is 5.97 Å². The second-order valence-corrected chi connectivity index (χ2v) is 2.72. The van der Waals surface area contributed by atoms with Crippen LogP contribution in [-0.4, -0.2) is 16.1 Å². The number of halogens is 2. The Balaban J connectivity index is 3.16. The van der Waals surface area contributed by atoms with Crippen LogP contribution in [0.15, 0.2) is 12.1 Å². The van der Waals surface area contributed by atoms with E-state index < -0.39 is 24.5 Å². The van der Waals surface area contributed by atoms with Gasteiger partial charge in [-0.05, 0) is 11.6 Å². The molecule has 0 aliphatic rings. The van der Waals surface area contributed by atoms with Crippen molar-refractivity contribution in [1.82, 2.24) is 4.98 Å². The topological polar surface area (TPSA) is 74.0 Å². The van der Waals surface area contributed by atoms with Gasteiger partial charge in [0.05, 0.1) is 6.42 Å². The standard InChI is InChI=1S/C9H6F2N2O2/c10-9(11)8-5(3-7(14)15)1-2-6(4-12)13-8/h1-2,9H,3H2,(H,14,15). The van der Waals surface area contributed by atoms with Crippen LogP contribution in [0.5, 0.6) is 0 Å². The second-order valence-electron chi connectivity index (χ2n) is 2.72. The van der Waals surface area contributed by atoms with Crippen LogP contribution in [0, 0.1) is 11.3 Å². The van der Waals surface area contributed by atoms with Gasteiger partial charge < -0.3 is 5.11 Å². The zero-order chi connectivity index (χ0) is 11.4. The van der Waals surface area contributed by atoms with E-state index in [9.17, 15) is 13.6 Å². The monoisotopic (exact) mass is 212 g/mol. The quantitative estimate of drug-likeness (QED) is 0.824. The van der Waals surface area contributed by atoms with Crippen LogP contribution in [0.25, 0.3) is 0 Å². The molecule has 0 saturated heterocycles. The maximum atomic E-state index is 12.4. The fraction of sp³-hybridized carbons (Fsp3) is 0.222. The number of alkyl halides is 2. The largest absolute Gasteiger partial charge is 0.481 e. The Morgan fingerprint density at radius 2 is 2.27 bits per heavy atom. The molecule has 0 radical (unpaired) electrons. The lowest BCUT2D eigenvalue weighted by atomic mass is 10.1. The van der Waals surface area contributed by atoms with Crippen molar-refractivity contribution in [2.75, 3.05) is 0 Å².